The Bertz CT molecular complexity index is 79.8. The molecule has 0 atom stereocenters. The Kier molecular flexibility index (Phi) is 11.0. The molecule has 0 unspecified atom stereocenters. The van der Waals surface area contributed by atoms with Gasteiger partial charge in [-0.05, 0) is 13.0 Å². The van der Waals surface area contributed by atoms with Gasteiger partial charge < -0.3 is 9.64 Å². The van der Waals surface area contributed by atoms with Gasteiger partial charge in [-0.25, -0.2) is 0 Å². The fourth-order valence-electron chi connectivity index (χ4n) is 0.655. The van der Waals surface area contributed by atoms with Crippen molar-refractivity contribution < 1.29 is 4.74 Å². The van der Waals surface area contributed by atoms with Crippen molar-refractivity contribution in [3.05, 3.63) is 0 Å². The normalized spacial score (nSPS) is 17.8. The summed E-state index contributed by atoms with van der Waals surface area (Å²) < 4.78 is 5.10. The Hall–Kier alpha value is -0.0151. The van der Waals surface area contributed by atoms with Crippen molar-refractivity contribution in [2.24, 2.45) is 5.92 Å². The lowest BCUT2D eigenvalue weighted by Gasteiger charge is -2.21. The van der Waals surface area contributed by atoms with Crippen molar-refractivity contribution >= 4 is 8.41 Å². The zero-order chi connectivity index (χ0) is 8.69. The van der Waals surface area contributed by atoms with Crippen molar-refractivity contribution in [1.82, 2.24) is 4.90 Å². The molecule has 0 saturated carbocycles. The first kappa shape index (κ1) is 14.5. The third-order valence-corrected chi connectivity index (χ3v) is 1.23. The molecule has 3 heteroatoms. The number of likely N-dealkylation sites (N-methyl/N-ethyl adjacent to an activating group) is 1. The quantitative estimate of drug-likeness (QED) is 0.507. The van der Waals surface area contributed by atoms with Gasteiger partial charge in [-0.1, -0.05) is 20.8 Å². The van der Waals surface area contributed by atoms with Crippen molar-refractivity contribution in [3.8, 4) is 0 Å². The minimum absolute atomic E-state index is 0. The van der Waals surface area contributed by atoms with Gasteiger partial charge in [0.05, 0.1) is 13.2 Å². The van der Waals surface area contributed by atoms with Crippen LogP contribution in [0.15, 0.2) is 0 Å². The van der Waals surface area contributed by atoms with E-state index in [1.807, 2.05) is 0 Å². The molecule has 1 aliphatic rings. The van der Waals surface area contributed by atoms with Crippen LogP contribution in [0.5, 0.6) is 0 Å². The average Bonchev–Trinajstić information content (AvgIpc) is 1.87. The van der Waals surface area contributed by atoms with E-state index in [4.69, 9.17) is 4.74 Å². The number of hydrogen-bond donors (Lipinski definition) is 0. The molecule has 0 spiro atoms. The largest absolute Gasteiger partial charge is 0.379 e. The molecular weight excluding hydrogens is 149 g/mol. The Morgan fingerprint density at radius 2 is 1.42 bits per heavy atom. The van der Waals surface area contributed by atoms with Crippen LogP contribution in [0, 0.1) is 5.92 Å². The van der Waals surface area contributed by atoms with Crippen LogP contribution in [0.2, 0.25) is 0 Å². The topological polar surface area (TPSA) is 12.5 Å². The molecule has 0 bridgehead atoms. The maximum Gasteiger partial charge on any atom is 0.0594 e. The Labute approximate surface area is 78.9 Å². The Morgan fingerprint density at radius 1 is 1.08 bits per heavy atom. The highest BCUT2D eigenvalue weighted by Gasteiger charge is 2.02. The molecule has 0 aliphatic carbocycles. The number of ether oxygens (including phenoxy) is 1. The van der Waals surface area contributed by atoms with Gasteiger partial charge in [-0.15, -0.1) is 0 Å². The zero-order valence-electron chi connectivity index (χ0n) is 8.84. The monoisotopic (exact) mass is 170 g/mol. The maximum absolute atomic E-state index is 5.10. The molecular formula is C9H21BNO. The minimum atomic E-state index is 0. The van der Waals surface area contributed by atoms with Crippen LogP contribution in [-0.2, 0) is 4.74 Å². The van der Waals surface area contributed by atoms with E-state index in [1.54, 1.807) is 0 Å². The SMILES string of the molecule is CC(C)C.CN1CCOCC1.[B]. The van der Waals surface area contributed by atoms with Gasteiger partial charge in [0.15, 0.2) is 0 Å². The first-order chi connectivity index (χ1) is 5.13. The molecule has 1 saturated heterocycles. The standard InChI is InChI=1S/C5H11NO.C4H10.B/c1-6-2-4-7-5-3-6;1-4(2)3;/h2-5H2,1H3;4H,1-3H3;. The second-order valence-corrected chi connectivity index (χ2v) is 3.65. The summed E-state index contributed by atoms with van der Waals surface area (Å²) in [5.74, 6) is 0.833. The lowest BCUT2D eigenvalue weighted by molar-refractivity contribution is 0.0503. The number of morpholine rings is 1. The Morgan fingerprint density at radius 3 is 1.58 bits per heavy atom. The molecule has 1 aliphatic heterocycles. The molecule has 0 aromatic rings. The Balaban J connectivity index is 0. The van der Waals surface area contributed by atoms with Crippen LogP contribution in [0.3, 0.4) is 0 Å². The number of hydrogen-bond acceptors (Lipinski definition) is 2. The molecule has 2 nitrogen and oxygen atoms in total. The van der Waals surface area contributed by atoms with E-state index in [0.717, 1.165) is 32.2 Å². The van der Waals surface area contributed by atoms with Crippen LogP contribution in [0.25, 0.3) is 0 Å². The van der Waals surface area contributed by atoms with E-state index in [1.165, 1.54) is 0 Å². The fraction of sp³-hybridized carbons (Fsp3) is 1.00. The molecule has 0 N–H and O–H groups in total. The van der Waals surface area contributed by atoms with E-state index < -0.39 is 0 Å². The third-order valence-electron chi connectivity index (χ3n) is 1.23. The summed E-state index contributed by atoms with van der Waals surface area (Å²) in [6.45, 7) is 10.5. The van der Waals surface area contributed by atoms with Crippen LogP contribution in [-0.4, -0.2) is 46.7 Å². The number of rotatable bonds is 0. The van der Waals surface area contributed by atoms with E-state index in [9.17, 15) is 0 Å². The summed E-state index contributed by atoms with van der Waals surface area (Å²) in [5.41, 5.74) is 0. The van der Waals surface area contributed by atoms with Gasteiger partial charge >= 0.3 is 0 Å². The van der Waals surface area contributed by atoms with Crippen LogP contribution >= 0.6 is 0 Å². The third kappa shape index (κ3) is 12.6. The number of nitrogens with zero attached hydrogens (tertiary/aromatic N) is 1. The predicted molar refractivity (Wildman–Crippen MR) is 54.6 cm³/mol. The smallest absolute Gasteiger partial charge is 0.0594 e. The summed E-state index contributed by atoms with van der Waals surface area (Å²) in [7, 11) is 2.11. The zero-order valence-corrected chi connectivity index (χ0v) is 8.84. The summed E-state index contributed by atoms with van der Waals surface area (Å²) in [5, 5.41) is 0. The van der Waals surface area contributed by atoms with E-state index >= 15 is 0 Å². The van der Waals surface area contributed by atoms with Crippen LogP contribution in [0.1, 0.15) is 20.8 Å². The molecule has 0 amide bonds. The molecule has 0 aromatic heterocycles. The molecule has 1 rings (SSSR count). The first-order valence-corrected chi connectivity index (χ1v) is 4.39. The molecule has 71 valence electrons. The maximum atomic E-state index is 5.10. The summed E-state index contributed by atoms with van der Waals surface area (Å²) in [4.78, 5) is 2.27. The fourth-order valence-corrected chi connectivity index (χ4v) is 0.655. The molecule has 3 radical (unpaired) electrons. The van der Waals surface area contributed by atoms with Gasteiger partial charge in [0.1, 0.15) is 0 Å². The van der Waals surface area contributed by atoms with Gasteiger partial charge in [0, 0.05) is 21.5 Å². The summed E-state index contributed by atoms with van der Waals surface area (Å²) >= 11 is 0. The van der Waals surface area contributed by atoms with Crippen molar-refractivity contribution in [1.29, 1.82) is 0 Å². The van der Waals surface area contributed by atoms with Gasteiger partial charge in [-0.2, -0.15) is 0 Å². The highest BCUT2D eigenvalue weighted by molar-refractivity contribution is 5.75. The van der Waals surface area contributed by atoms with E-state index in [-0.39, 0.29) is 8.41 Å². The van der Waals surface area contributed by atoms with E-state index in [0.29, 0.717) is 0 Å². The van der Waals surface area contributed by atoms with Crippen molar-refractivity contribution in [2.75, 3.05) is 33.4 Å². The average molecular weight is 170 g/mol. The predicted octanol–water partition coefficient (Wildman–Crippen LogP) is 1.23. The highest BCUT2D eigenvalue weighted by Crippen LogP contribution is 1.89. The molecule has 12 heavy (non-hydrogen) atoms. The second kappa shape index (κ2) is 9.08. The minimum Gasteiger partial charge on any atom is -0.379 e. The van der Waals surface area contributed by atoms with Crippen molar-refractivity contribution in [3.63, 3.8) is 0 Å². The van der Waals surface area contributed by atoms with Gasteiger partial charge in [-0.3, -0.25) is 0 Å². The van der Waals surface area contributed by atoms with Crippen molar-refractivity contribution in [2.45, 2.75) is 20.8 Å². The summed E-state index contributed by atoms with van der Waals surface area (Å²) in [6.07, 6.45) is 0. The van der Waals surface area contributed by atoms with Gasteiger partial charge in [0.2, 0.25) is 0 Å². The van der Waals surface area contributed by atoms with Gasteiger partial charge in [0.25, 0.3) is 0 Å². The molecule has 1 fully saturated rings. The van der Waals surface area contributed by atoms with Crippen LogP contribution in [0.4, 0.5) is 0 Å². The molecule has 1 heterocycles. The summed E-state index contributed by atoms with van der Waals surface area (Å²) in [6, 6.07) is 0. The lowest BCUT2D eigenvalue weighted by Crippen LogP contribution is -2.32. The highest BCUT2D eigenvalue weighted by atomic mass is 16.5. The first-order valence-electron chi connectivity index (χ1n) is 4.39. The molecule has 0 aromatic carbocycles. The van der Waals surface area contributed by atoms with E-state index in [2.05, 4.69) is 32.7 Å². The lowest BCUT2D eigenvalue weighted by atomic mass is 10.3. The van der Waals surface area contributed by atoms with Crippen LogP contribution < -0.4 is 0 Å². The second-order valence-electron chi connectivity index (χ2n) is 3.65.